The van der Waals surface area contributed by atoms with Gasteiger partial charge in [0.05, 0.1) is 0 Å². The van der Waals surface area contributed by atoms with Gasteiger partial charge in [0.2, 0.25) is 5.82 Å². The van der Waals surface area contributed by atoms with Gasteiger partial charge in [-0.3, -0.25) is 4.79 Å². The van der Waals surface area contributed by atoms with Crippen LogP contribution in [0.2, 0.25) is 0 Å². The van der Waals surface area contributed by atoms with Crippen molar-refractivity contribution >= 4 is 11.6 Å². The summed E-state index contributed by atoms with van der Waals surface area (Å²) < 4.78 is 66.2. The first kappa shape index (κ1) is 15.9. The lowest BCUT2D eigenvalue weighted by Gasteiger charge is -2.11. The van der Waals surface area contributed by atoms with Gasteiger partial charge in [0, 0.05) is 5.69 Å². The number of anilines is 1. The van der Waals surface area contributed by atoms with Gasteiger partial charge in [-0.2, -0.15) is 0 Å². The molecule has 0 heterocycles. The van der Waals surface area contributed by atoms with Gasteiger partial charge in [-0.15, -0.1) is 0 Å². The zero-order valence-electron chi connectivity index (χ0n) is 11.5. The molecule has 116 valence electrons. The fourth-order valence-corrected chi connectivity index (χ4v) is 1.94. The molecule has 0 aliphatic heterocycles. The summed E-state index contributed by atoms with van der Waals surface area (Å²) in [6.45, 7) is 3.42. The summed E-state index contributed by atoms with van der Waals surface area (Å²) in [5.74, 6) is -12.4. The van der Waals surface area contributed by atoms with Crippen LogP contribution >= 0.6 is 0 Å². The number of benzene rings is 2. The molecule has 7 heteroatoms. The van der Waals surface area contributed by atoms with E-state index in [1.165, 1.54) is 6.07 Å². The third kappa shape index (κ3) is 2.66. The Morgan fingerprint density at radius 2 is 1.36 bits per heavy atom. The molecule has 0 spiro atoms. The van der Waals surface area contributed by atoms with Gasteiger partial charge in [-0.05, 0) is 25.5 Å². The van der Waals surface area contributed by atoms with Crippen LogP contribution in [0.1, 0.15) is 21.5 Å². The molecule has 0 fully saturated rings. The van der Waals surface area contributed by atoms with Crippen molar-refractivity contribution < 1.29 is 26.7 Å². The van der Waals surface area contributed by atoms with Gasteiger partial charge < -0.3 is 5.32 Å². The average Bonchev–Trinajstić information content (AvgIpc) is 2.46. The van der Waals surface area contributed by atoms with Gasteiger partial charge in [0.25, 0.3) is 5.91 Å². The maximum Gasteiger partial charge on any atom is 0.261 e. The topological polar surface area (TPSA) is 29.1 Å². The van der Waals surface area contributed by atoms with Crippen LogP contribution in [0.5, 0.6) is 0 Å². The van der Waals surface area contributed by atoms with Crippen molar-refractivity contribution in [1.29, 1.82) is 0 Å². The van der Waals surface area contributed by atoms with E-state index in [4.69, 9.17) is 0 Å². The molecule has 2 rings (SSSR count). The minimum atomic E-state index is -2.31. The Balaban J connectivity index is 2.46. The van der Waals surface area contributed by atoms with E-state index in [-0.39, 0.29) is 5.69 Å². The third-order valence-corrected chi connectivity index (χ3v) is 3.07. The van der Waals surface area contributed by atoms with E-state index in [1.807, 2.05) is 0 Å². The molecule has 0 unspecified atom stereocenters. The first-order valence-electron chi connectivity index (χ1n) is 6.14. The lowest BCUT2D eigenvalue weighted by Crippen LogP contribution is -2.19. The molecular weight excluding hydrogens is 305 g/mol. The number of nitrogens with one attached hydrogen (secondary N) is 1. The fourth-order valence-electron chi connectivity index (χ4n) is 1.94. The molecule has 0 saturated heterocycles. The number of carbonyl (C=O) groups excluding carboxylic acids is 1. The van der Waals surface area contributed by atoms with E-state index in [1.54, 1.807) is 26.0 Å². The summed E-state index contributed by atoms with van der Waals surface area (Å²) in [5.41, 5.74) is 0.153. The summed E-state index contributed by atoms with van der Waals surface area (Å²) in [7, 11) is 0. The monoisotopic (exact) mass is 315 g/mol. The minimum Gasteiger partial charge on any atom is -0.322 e. The van der Waals surface area contributed by atoms with Crippen LogP contribution in [0.25, 0.3) is 0 Å². The smallest absolute Gasteiger partial charge is 0.261 e. The number of amides is 1. The van der Waals surface area contributed by atoms with Crippen molar-refractivity contribution in [2.75, 3.05) is 5.32 Å². The van der Waals surface area contributed by atoms with Gasteiger partial charge in [0.15, 0.2) is 23.3 Å². The standard InChI is InChI=1S/C15H10F5NO/c1-6-3-4-8(7(2)5-6)21-15(22)9-10(16)12(18)14(20)13(19)11(9)17/h3-5H,1-2H3,(H,21,22). The fraction of sp³-hybridized carbons (Fsp3) is 0.133. The van der Waals surface area contributed by atoms with E-state index < -0.39 is 40.6 Å². The predicted octanol–water partition coefficient (Wildman–Crippen LogP) is 4.25. The summed E-state index contributed by atoms with van der Waals surface area (Å²) >= 11 is 0. The van der Waals surface area contributed by atoms with Crippen molar-refractivity contribution in [2.45, 2.75) is 13.8 Å². The Labute approximate surface area is 122 Å². The van der Waals surface area contributed by atoms with E-state index >= 15 is 0 Å². The van der Waals surface area contributed by atoms with E-state index in [0.29, 0.717) is 5.56 Å². The SMILES string of the molecule is Cc1ccc(NC(=O)c2c(F)c(F)c(F)c(F)c2F)c(C)c1. The first-order valence-corrected chi connectivity index (χ1v) is 6.14. The zero-order chi connectivity index (χ0) is 16.6. The maximum atomic E-state index is 13.5. The molecule has 2 aromatic carbocycles. The number of hydrogen-bond donors (Lipinski definition) is 1. The molecule has 0 aliphatic carbocycles. The lowest BCUT2D eigenvalue weighted by molar-refractivity contribution is 0.101. The van der Waals surface area contributed by atoms with Gasteiger partial charge in [-0.1, -0.05) is 17.7 Å². The van der Waals surface area contributed by atoms with Crippen LogP contribution in [-0.4, -0.2) is 5.91 Å². The van der Waals surface area contributed by atoms with E-state index in [0.717, 1.165) is 5.56 Å². The van der Waals surface area contributed by atoms with Crippen LogP contribution < -0.4 is 5.32 Å². The number of carbonyl (C=O) groups is 1. The zero-order valence-corrected chi connectivity index (χ0v) is 11.5. The molecule has 0 atom stereocenters. The molecule has 0 saturated carbocycles. The van der Waals surface area contributed by atoms with E-state index in [2.05, 4.69) is 5.32 Å². The van der Waals surface area contributed by atoms with Gasteiger partial charge >= 0.3 is 0 Å². The Morgan fingerprint density at radius 1 is 0.864 bits per heavy atom. The predicted molar refractivity (Wildman–Crippen MR) is 70.1 cm³/mol. The highest BCUT2D eigenvalue weighted by Crippen LogP contribution is 2.24. The second kappa shape index (κ2) is 5.75. The molecule has 2 nitrogen and oxygen atoms in total. The van der Waals surface area contributed by atoms with Crippen LogP contribution in [0.15, 0.2) is 18.2 Å². The Morgan fingerprint density at radius 3 is 1.86 bits per heavy atom. The highest BCUT2D eigenvalue weighted by molar-refractivity contribution is 6.05. The normalized spacial score (nSPS) is 10.7. The molecule has 1 amide bonds. The first-order chi connectivity index (χ1) is 10.2. The molecule has 2 aromatic rings. The number of hydrogen-bond acceptors (Lipinski definition) is 1. The van der Waals surface area contributed by atoms with Crippen LogP contribution in [0.3, 0.4) is 0 Å². The lowest BCUT2D eigenvalue weighted by atomic mass is 10.1. The highest BCUT2D eigenvalue weighted by atomic mass is 19.2. The average molecular weight is 315 g/mol. The van der Waals surface area contributed by atoms with Crippen LogP contribution in [-0.2, 0) is 0 Å². The summed E-state index contributed by atoms with van der Waals surface area (Å²) in [4.78, 5) is 11.9. The third-order valence-electron chi connectivity index (χ3n) is 3.07. The molecule has 22 heavy (non-hydrogen) atoms. The molecule has 1 N–H and O–H groups in total. The van der Waals surface area contributed by atoms with Crippen LogP contribution in [0, 0.1) is 42.9 Å². The molecule has 0 aliphatic rings. The molecular formula is C15H10F5NO. The summed E-state index contributed by atoms with van der Waals surface area (Å²) in [6.07, 6.45) is 0. The van der Waals surface area contributed by atoms with Crippen molar-refractivity contribution in [3.8, 4) is 0 Å². The maximum absolute atomic E-state index is 13.5. The number of aryl methyl sites for hydroxylation is 2. The molecule has 0 aromatic heterocycles. The largest absolute Gasteiger partial charge is 0.322 e. The Bertz CT molecular complexity index is 744. The molecule has 0 radical (unpaired) electrons. The minimum absolute atomic E-state index is 0.208. The highest BCUT2D eigenvalue weighted by Gasteiger charge is 2.29. The Hall–Kier alpha value is -2.44. The Kier molecular flexibility index (Phi) is 4.16. The quantitative estimate of drug-likeness (QED) is 0.501. The summed E-state index contributed by atoms with van der Waals surface area (Å²) in [6, 6.07) is 4.78. The van der Waals surface area contributed by atoms with Crippen LogP contribution in [0.4, 0.5) is 27.6 Å². The molecule has 0 bridgehead atoms. The number of halogens is 5. The van der Waals surface area contributed by atoms with Crippen molar-refractivity contribution in [2.24, 2.45) is 0 Å². The van der Waals surface area contributed by atoms with Crippen molar-refractivity contribution in [1.82, 2.24) is 0 Å². The van der Waals surface area contributed by atoms with Gasteiger partial charge in [-0.25, -0.2) is 22.0 Å². The van der Waals surface area contributed by atoms with Crippen molar-refractivity contribution in [3.63, 3.8) is 0 Å². The second-order valence-electron chi connectivity index (χ2n) is 4.72. The van der Waals surface area contributed by atoms with Gasteiger partial charge in [0.1, 0.15) is 5.56 Å². The number of rotatable bonds is 2. The summed E-state index contributed by atoms with van der Waals surface area (Å²) in [5, 5.41) is 2.13. The van der Waals surface area contributed by atoms with E-state index in [9.17, 15) is 26.7 Å². The second-order valence-corrected chi connectivity index (χ2v) is 4.72. The van der Waals surface area contributed by atoms with Crippen molar-refractivity contribution in [3.05, 3.63) is 64.0 Å².